The second kappa shape index (κ2) is 3.72. The first-order valence-corrected chi connectivity index (χ1v) is 5.84. The number of nitrogens with zero attached hydrogens (tertiary/aromatic N) is 1. The Morgan fingerprint density at radius 3 is 2.71 bits per heavy atom. The van der Waals surface area contributed by atoms with Gasteiger partial charge in [-0.3, -0.25) is 9.59 Å². The molecule has 1 aliphatic rings. The van der Waals surface area contributed by atoms with Crippen LogP contribution in [0.25, 0.3) is 0 Å². The number of primary amides is 1. The van der Waals surface area contributed by atoms with Gasteiger partial charge in [0.15, 0.2) is 5.78 Å². The van der Waals surface area contributed by atoms with E-state index in [1.54, 1.807) is 19.2 Å². The second-order valence-corrected chi connectivity index (χ2v) is 5.60. The maximum atomic E-state index is 12.0. The molecule has 0 bridgehead atoms. The van der Waals surface area contributed by atoms with E-state index in [0.717, 1.165) is 17.7 Å². The summed E-state index contributed by atoms with van der Waals surface area (Å²) in [7, 11) is 0. The summed E-state index contributed by atoms with van der Waals surface area (Å²) in [5.74, 6) is -0.217. The summed E-state index contributed by atoms with van der Waals surface area (Å²) < 4.78 is 1.83. The number of Topliss-reactive ketones (excluding diaryl/α,β-unsaturated/α-hetero) is 1. The first-order valence-electron chi connectivity index (χ1n) is 5.84. The molecule has 0 saturated carbocycles. The van der Waals surface area contributed by atoms with E-state index in [0.29, 0.717) is 6.42 Å². The number of fused-ring (bicyclic) bond motifs is 1. The highest BCUT2D eigenvalue weighted by atomic mass is 16.1. The highest BCUT2D eigenvalue weighted by Crippen LogP contribution is 2.36. The molecule has 1 unspecified atom stereocenters. The van der Waals surface area contributed by atoms with Gasteiger partial charge >= 0.3 is 0 Å². The molecule has 0 saturated heterocycles. The van der Waals surface area contributed by atoms with Crippen LogP contribution in [0.4, 0.5) is 0 Å². The van der Waals surface area contributed by atoms with E-state index in [4.69, 9.17) is 5.73 Å². The topological polar surface area (TPSA) is 65.1 Å². The SMILES string of the molecule is CC(C(N)=O)n1ccc2c1CC(C)(C)CC2=O. The third-order valence-electron chi connectivity index (χ3n) is 3.44. The second-order valence-electron chi connectivity index (χ2n) is 5.60. The molecule has 0 radical (unpaired) electrons. The molecule has 1 heterocycles. The van der Waals surface area contributed by atoms with E-state index in [9.17, 15) is 9.59 Å². The fourth-order valence-corrected chi connectivity index (χ4v) is 2.47. The Labute approximate surface area is 101 Å². The smallest absolute Gasteiger partial charge is 0.240 e. The molecule has 0 fully saturated rings. The maximum absolute atomic E-state index is 12.0. The quantitative estimate of drug-likeness (QED) is 0.846. The lowest BCUT2D eigenvalue weighted by molar-refractivity contribution is -0.120. The van der Waals surface area contributed by atoms with Crippen LogP contribution in [0.3, 0.4) is 0 Å². The van der Waals surface area contributed by atoms with Crippen LogP contribution < -0.4 is 5.73 Å². The Balaban J connectivity index is 2.47. The van der Waals surface area contributed by atoms with Gasteiger partial charge in [-0.15, -0.1) is 0 Å². The standard InChI is InChI=1S/C13H18N2O2/c1-8(12(14)17)15-5-4-9-10(15)6-13(2,3)7-11(9)16/h4-5,8H,6-7H2,1-3H3,(H2,14,17). The van der Waals surface area contributed by atoms with E-state index in [2.05, 4.69) is 13.8 Å². The summed E-state index contributed by atoms with van der Waals surface area (Å²) in [4.78, 5) is 23.2. The minimum absolute atomic E-state index is 0.0441. The molecular formula is C13H18N2O2. The Bertz CT molecular complexity index is 486. The zero-order valence-electron chi connectivity index (χ0n) is 10.5. The van der Waals surface area contributed by atoms with Crippen LogP contribution >= 0.6 is 0 Å². The lowest BCUT2D eigenvalue weighted by Gasteiger charge is -2.30. The number of nitrogens with two attached hydrogens (primary N) is 1. The Morgan fingerprint density at radius 2 is 2.12 bits per heavy atom. The molecule has 1 aliphatic carbocycles. The fraction of sp³-hybridized carbons (Fsp3) is 0.538. The molecule has 92 valence electrons. The molecule has 0 aromatic carbocycles. The van der Waals surface area contributed by atoms with E-state index < -0.39 is 6.04 Å². The van der Waals surface area contributed by atoms with Crippen molar-refractivity contribution in [1.82, 2.24) is 4.57 Å². The summed E-state index contributed by atoms with van der Waals surface area (Å²) in [6.07, 6.45) is 3.16. The maximum Gasteiger partial charge on any atom is 0.240 e. The third-order valence-corrected chi connectivity index (χ3v) is 3.44. The van der Waals surface area contributed by atoms with Gasteiger partial charge in [0.25, 0.3) is 0 Å². The van der Waals surface area contributed by atoms with Crippen molar-refractivity contribution in [2.24, 2.45) is 11.1 Å². The number of rotatable bonds is 2. The van der Waals surface area contributed by atoms with E-state index >= 15 is 0 Å². The molecule has 1 amide bonds. The molecule has 1 aromatic heterocycles. The first kappa shape index (κ1) is 11.9. The summed E-state index contributed by atoms with van der Waals surface area (Å²) in [5.41, 5.74) is 6.96. The zero-order valence-corrected chi connectivity index (χ0v) is 10.5. The normalized spacial score (nSPS) is 19.8. The average Bonchev–Trinajstić information content (AvgIpc) is 2.58. The van der Waals surface area contributed by atoms with E-state index in [-0.39, 0.29) is 17.1 Å². The van der Waals surface area contributed by atoms with Crippen LogP contribution in [0.2, 0.25) is 0 Å². The Morgan fingerprint density at radius 1 is 1.47 bits per heavy atom. The lowest BCUT2D eigenvalue weighted by atomic mass is 9.76. The van der Waals surface area contributed by atoms with Crippen molar-refractivity contribution in [1.29, 1.82) is 0 Å². The summed E-state index contributed by atoms with van der Waals surface area (Å²) in [6, 6.07) is 1.40. The van der Waals surface area contributed by atoms with Crippen LogP contribution in [-0.2, 0) is 11.2 Å². The number of carbonyl (C=O) groups excluding carboxylic acids is 2. The van der Waals surface area contributed by atoms with E-state index in [1.165, 1.54) is 0 Å². The van der Waals surface area contributed by atoms with Crippen molar-refractivity contribution >= 4 is 11.7 Å². The van der Waals surface area contributed by atoms with Gasteiger partial charge in [0, 0.05) is 23.9 Å². The summed E-state index contributed by atoms with van der Waals surface area (Å²) >= 11 is 0. The van der Waals surface area contributed by atoms with Gasteiger partial charge in [-0.05, 0) is 24.8 Å². The van der Waals surface area contributed by atoms with Gasteiger partial charge in [0.2, 0.25) is 5.91 Å². The van der Waals surface area contributed by atoms with Crippen molar-refractivity contribution in [3.8, 4) is 0 Å². The molecule has 2 N–H and O–H groups in total. The zero-order chi connectivity index (χ0) is 12.8. The molecule has 2 rings (SSSR count). The van der Waals surface area contributed by atoms with Crippen LogP contribution in [0, 0.1) is 5.41 Å². The minimum Gasteiger partial charge on any atom is -0.368 e. The van der Waals surface area contributed by atoms with E-state index in [1.807, 2.05) is 4.57 Å². The van der Waals surface area contributed by atoms with Crippen molar-refractivity contribution in [2.75, 3.05) is 0 Å². The molecule has 1 aromatic rings. The van der Waals surface area contributed by atoms with Gasteiger partial charge in [-0.1, -0.05) is 13.8 Å². The van der Waals surface area contributed by atoms with Crippen molar-refractivity contribution in [2.45, 2.75) is 39.7 Å². The lowest BCUT2D eigenvalue weighted by Crippen LogP contribution is -2.31. The highest BCUT2D eigenvalue weighted by Gasteiger charge is 2.34. The molecule has 4 nitrogen and oxygen atoms in total. The van der Waals surface area contributed by atoms with Crippen molar-refractivity contribution < 1.29 is 9.59 Å². The van der Waals surface area contributed by atoms with Crippen LogP contribution in [-0.4, -0.2) is 16.3 Å². The molecule has 0 spiro atoms. The fourth-order valence-electron chi connectivity index (χ4n) is 2.47. The van der Waals surface area contributed by atoms with Crippen LogP contribution in [0.5, 0.6) is 0 Å². The first-order chi connectivity index (χ1) is 7.82. The number of amides is 1. The van der Waals surface area contributed by atoms with Gasteiger partial charge in [0.05, 0.1) is 0 Å². The summed E-state index contributed by atoms with van der Waals surface area (Å²) in [6.45, 7) is 5.90. The largest absolute Gasteiger partial charge is 0.368 e. The summed E-state index contributed by atoms with van der Waals surface area (Å²) in [5, 5.41) is 0. The molecule has 1 atom stereocenters. The van der Waals surface area contributed by atoms with Gasteiger partial charge in [-0.25, -0.2) is 0 Å². The number of carbonyl (C=O) groups is 2. The number of ketones is 1. The number of aromatic nitrogens is 1. The molecule has 17 heavy (non-hydrogen) atoms. The monoisotopic (exact) mass is 234 g/mol. The van der Waals surface area contributed by atoms with Crippen LogP contribution in [0.15, 0.2) is 12.3 Å². The Kier molecular flexibility index (Phi) is 2.60. The van der Waals surface area contributed by atoms with Gasteiger partial charge < -0.3 is 10.3 Å². The Hall–Kier alpha value is -1.58. The predicted molar refractivity (Wildman–Crippen MR) is 64.8 cm³/mol. The van der Waals surface area contributed by atoms with Crippen LogP contribution in [0.1, 0.15) is 49.3 Å². The molecule has 0 aliphatic heterocycles. The third kappa shape index (κ3) is 1.99. The van der Waals surface area contributed by atoms with Crippen molar-refractivity contribution in [3.05, 3.63) is 23.5 Å². The average molecular weight is 234 g/mol. The molecular weight excluding hydrogens is 216 g/mol. The molecule has 4 heteroatoms. The minimum atomic E-state index is -0.402. The van der Waals surface area contributed by atoms with Crippen molar-refractivity contribution in [3.63, 3.8) is 0 Å². The van der Waals surface area contributed by atoms with Gasteiger partial charge in [-0.2, -0.15) is 0 Å². The number of hydrogen-bond donors (Lipinski definition) is 1. The van der Waals surface area contributed by atoms with Gasteiger partial charge in [0.1, 0.15) is 6.04 Å². The highest BCUT2D eigenvalue weighted by molar-refractivity contribution is 5.99. The number of hydrogen-bond acceptors (Lipinski definition) is 2. The predicted octanol–water partition coefficient (Wildman–Crippen LogP) is 1.69.